The fourth-order valence-electron chi connectivity index (χ4n) is 2.81. The molecule has 0 saturated carbocycles. The number of sulfone groups is 1. The summed E-state index contributed by atoms with van der Waals surface area (Å²) >= 11 is 0. The number of hydrogen-bond donors (Lipinski definition) is 1. The number of hydrogen-bond acceptors (Lipinski definition) is 4. The van der Waals surface area contributed by atoms with Gasteiger partial charge in [-0.25, -0.2) is 8.42 Å². The molecule has 1 amide bonds. The van der Waals surface area contributed by atoms with Gasteiger partial charge in [0.2, 0.25) is 5.91 Å². The second-order valence-electron chi connectivity index (χ2n) is 5.38. The van der Waals surface area contributed by atoms with Crippen LogP contribution in [0.1, 0.15) is 32.6 Å². The Balaban J connectivity index is 0.00000180. The van der Waals surface area contributed by atoms with Crippen molar-refractivity contribution < 1.29 is 13.2 Å². The molecule has 0 aliphatic carbocycles. The van der Waals surface area contributed by atoms with Crippen molar-refractivity contribution in [2.24, 2.45) is 0 Å². The molecule has 19 heavy (non-hydrogen) atoms. The molecule has 2 rings (SSSR count). The molecule has 2 atom stereocenters. The molecule has 0 aromatic rings. The predicted octanol–water partition coefficient (Wildman–Crippen LogP) is 0.586. The average molecular weight is 311 g/mol. The Hall–Kier alpha value is -0.330. The van der Waals surface area contributed by atoms with E-state index >= 15 is 0 Å². The van der Waals surface area contributed by atoms with Crippen LogP contribution in [-0.2, 0) is 14.6 Å². The van der Waals surface area contributed by atoms with Gasteiger partial charge in [-0.2, -0.15) is 0 Å². The molecular formula is C12H23ClN2O3S. The van der Waals surface area contributed by atoms with Gasteiger partial charge >= 0.3 is 0 Å². The number of rotatable bonds is 3. The summed E-state index contributed by atoms with van der Waals surface area (Å²) in [4.78, 5) is 13.8. The van der Waals surface area contributed by atoms with E-state index < -0.39 is 9.84 Å². The predicted molar refractivity (Wildman–Crippen MR) is 77.3 cm³/mol. The molecule has 0 aromatic heterocycles. The molecule has 2 unspecified atom stereocenters. The van der Waals surface area contributed by atoms with E-state index in [1.165, 1.54) is 6.42 Å². The Morgan fingerprint density at radius 2 is 2.16 bits per heavy atom. The highest BCUT2D eigenvalue weighted by atomic mass is 35.5. The maximum atomic E-state index is 12.1. The number of carbonyl (C=O) groups is 1. The lowest BCUT2D eigenvalue weighted by Crippen LogP contribution is -2.49. The van der Waals surface area contributed by atoms with Gasteiger partial charge in [0.1, 0.15) is 0 Å². The monoisotopic (exact) mass is 310 g/mol. The summed E-state index contributed by atoms with van der Waals surface area (Å²) in [5, 5.41) is 3.37. The van der Waals surface area contributed by atoms with Gasteiger partial charge in [0.05, 0.1) is 11.5 Å². The lowest BCUT2D eigenvalue weighted by Gasteiger charge is -2.33. The second kappa shape index (κ2) is 6.90. The van der Waals surface area contributed by atoms with Crippen molar-refractivity contribution in [3.05, 3.63) is 0 Å². The summed E-state index contributed by atoms with van der Waals surface area (Å²) in [6, 6.07) is 0.297. The van der Waals surface area contributed by atoms with Crippen LogP contribution in [0.3, 0.4) is 0 Å². The minimum absolute atomic E-state index is 0. The largest absolute Gasteiger partial charge is 0.338 e. The summed E-state index contributed by atoms with van der Waals surface area (Å²) in [5.41, 5.74) is 0. The lowest BCUT2D eigenvalue weighted by molar-refractivity contribution is -0.132. The molecular weight excluding hydrogens is 288 g/mol. The van der Waals surface area contributed by atoms with Crippen molar-refractivity contribution in [2.45, 2.75) is 44.7 Å². The van der Waals surface area contributed by atoms with Gasteiger partial charge in [0.25, 0.3) is 0 Å². The Morgan fingerprint density at radius 1 is 1.42 bits per heavy atom. The summed E-state index contributed by atoms with van der Waals surface area (Å²) in [5.74, 6) is 0.330. The molecule has 5 nitrogen and oxygen atoms in total. The zero-order chi connectivity index (χ0) is 13.2. The summed E-state index contributed by atoms with van der Waals surface area (Å²) in [7, 11) is -2.94. The molecule has 112 valence electrons. The van der Waals surface area contributed by atoms with E-state index in [-0.39, 0.29) is 35.9 Å². The summed E-state index contributed by atoms with van der Waals surface area (Å²) in [6.45, 7) is 3.24. The quantitative estimate of drug-likeness (QED) is 0.828. The number of nitrogens with zero attached hydrogens (tertiary/aromatic N) is 1. The van der Waals surface area contributed by atoms with Crippen LogP contribution in [0.15, 0.2) is 0 Å². The Bertz CT molecular complexity index is 407. The second-order valence-corrected chi connectivity index (χ2v) is 7.61. The molecule has 0 spiro atoms. The Labute approximate surface area is 121 Å². The van der Waals surface area contributed by atoms with Crippen LogP contribution in [0, 0.1) is 0 Å². The zero-order valence-electron chi connectivity index (χ0n) is 11.3. The fraction of sp³-hybridized carbons (Fsp3) is 0.917. The van der Waals surface area contributed by atoms with Gasteiger partial charge in [-0.05, 0) is 32.7 Å². The van der Waals surface area contributed by atoms with Crippen LogP contribution in [0.25, 0.3) is 0 Å². The molecule has 0 radical (unpaired) electrons. The van der Waals surface area contributed by atoms with Crippen LogP contribution < -0.4 is 5.32 Å². The molecule has 7 heteroatoms. The van der Waals surface area contributed by atoms with Gasteiger partial charge in [-0.1, -0.05) is 0 Å². The standard InChI is InChI=1S/C12H22N2O3S.ClH/c1-10-9-18(16,17)8-7-14(10)12(15)5-4-11-3-2-6-13-11;/h10-11,13H,2-9H2,1H3;1H. The molecule has 0 bridgehead atoms. The molecule has 2 heterocycles. The number of halogens is 1. The van der Waals surface area contributed by atoms with Crippen molar-refractivity contribution in [1.29, 1.82) is 0 Å². The van der Waals surface area contributed by atoms with Gasteiger partial charge in [-0.15, -0.1) is 12.4 Å². The van der Waals surface area contributed by atoms with E-state index in [0.717, 1.165) is 19.4 Å². The lowest BCUT2D eigenvalue weighted by atomic mass is 10.1. The van der Waals surface area contributed by atoms with Crippen molar-refractivity contribution in [2.75, 3.05) is 24.6 Å². The van der Waals surface area contributed by atoms with Gasteiger partial charge in [-0.3, -0.25) is 4.79 Å². The third-order valence-corrected chi connectivity index (χ3v) is 5.65. The minimum Gasteiger partial charge on any atom is -0.338 e. The van der Waals surface area contributed by atoms with Crippen molar-refractivity contribution in [3.8, 4) is 0 Å². The maximum Gasteiger partial charge on any atom is 0.222 e. The Morgan fingerprint density at radius 3 is 2.74 bits per heavy atom. The van der Waals surface area contributed by atoms with Crippen molar-refractivity contribution in [3.63, 3.8) is 0 Å². The van der Waals surface area contributed by atoms with Gasteiger partial charge < -0.3 is 10.2 Å². The first kappa shape index (κ1) is 16.7. The first-order valence-corrected chi connectivity index (χ1v) is 8.53. The van der Waals surface area contributed by atoms with Crippen LogP contribution >= 0.6 is 12.4 Å². The van der Waals surface area contributed by atoms with Crippen LogP contribution in [0.2, 0.25) is 0 Å². The third-order valence-electron chi connectivity index (χ3n) is 3.86. The van der Waals surface area contributed by atoms with Crippen molar-refractivity contribution >= 4 is 28.2 Å². The molecule has 2 aliphatic rings. The van der Waals surface area contributed by atoms with E-state index in [9.17, 15) is 13.2 Å². The van der Waals surface area contributed by atoms with Gasteiger partial charge in [0, 0.05) is 25.0 Å². The SMILES string of the molecule is CC1CS(=O)(=O)CCN1C(=O)CCC1CCCN1.Cl. The number of nitrogens with one attached hydrogen (secondary N) is 1. The minimum atomic E-state index is -2.94. The summed E-state index contributed by atoms with van der Waals surface area (Å²) < 4.78 is 22.9. The number of amides is 1. The number of carbonyl (C=O) groups excluding carboxylic acids is 1. The van der Waals surface area contributed by atoms with E-state index in [4.69, 9.17) is 0 Å². The Kier molecular flexibility index (Phi) is 6.08. The first-order chi connectivity index (χ1) is 8.48. The zero-order valence-corrected chi connectivity index (χ0v) is 12.9. The highest BCUT2D eigenvalue weighted by molar-refractivity contribution is 7.91. The smallest absolute Gasteiger partial charge is 0.222 e. The molecule has 2 aliphatic heterocycles. The molecule has 2 saturated heterocycles. The van der Waals surface area contributed by atoms with Gasteiger partial charge in [0.15, 0.2) is 9.84 Å². The van der Waals surface area contributed by atoms with E-state index in [1.807, 2.05) is 6.92 Å². The summed E-state index contributed by atoms with van der Waals surface area (Å²) in [6.07, 6.45) is 3.74. The normalized spacial score (nSPS) is 29.8. The highest BCUT2D eigenvalue weighted by Crippen LogP contribution is 2.16. The highest BCUT2D eigenvalue weighted by Gasteiger charge is 2.31. The van der Waals surface area contributed by atoms with E-state index in [0.29, 0.717) is 19.0 Å². The molecule has 0 aromatic carbocycles. The topological polar surface area (TPSA) is 66.5 Å². The van der Waals surface area contributed by atoms with Crippen molar-refractivity contribution in [1.82, 2.24) is 10.2 Å². The third kappa shape index (κ3) is 4.61. The van der Waals surface area contributed by atoms with Crippen LogP contribution in [-0.4, -0.2) is 55.9 Å². The first-order valence-electron chi connectivity index (χ1n) is 6.71. The van der Waals surface area contributed by atoms with E-state index in [2.05, 4.69) is 5.32 Å². The molecule has 2 fully saturated rings. The maximum absolute atomic E-state index is 12.1. The average Bonchev–Trinajstić information content (AvgIpc) is 2.77. The van der Waals surface area contributed by atoms with E-state index in [1.54, 1.807) is 4.90 Å². The van der Waals surface area contributed by atoms with Crippen LogP contribution in [0.4, 0.5) is 0 Å². The fourth-order valence-corrected chi connectivity index (χ4v) is 4.37. The van der Waals surface area contributed by atoms with Crippen LogP contribution in [0.5, 0.6) is 0 Å². The molecule has 1 N–H and O–H groups in total.